The summed E-state index contributed by atoms with van der Waals surface area (Å²) in [4.78, 5) is 0. The van der Waals surface area contributed by atoms with E-state index in [-0.39, 0.29) is 10.9 Å². The highest BCUT2D eigenvalue weighted by atomic mass is 32.2. The third-order valence-corrected chi connectivity index (χ3v) is 3.18. The van der Waals surface area contributed by atoms with Crippen LogP contribution in [0.25, 0.3) is 0 Å². The van der Waals surface area contributed by atoms with Gasteiger partial charge in [-0.2, -0.15) is 0 Å². The first-order valence-electron chi connectivity index (χ1n) is 4.77. The number of allylic oxidation sites excluding steroid dienone is 1. The predicted octanol–water partition coefficient (Wildman–Crippen LogP) is 2.21. The van der Waals surface area contributed by atoms with Crippen molar-refractivity contribution in [1.29, 1.82) is 0 Å². The second kappa shape index (κ2) is 4.84. The van der Waals surface area contributed by atoms with Crippen molar-refractivity contribution in [3.05, 3.63) is 12.3 Å². The van der Waals surface area contributed by atoms with Crippen molar-refractivity contribution in [3.8, 4) is 0 Å². The molecule has 0 aromatic carbocycles. The van der Waals surface area contributed by atoms with Crippen LogP contribution in [0.1, 0.15) is 33.6 Å². The second-order valence-electron chi connectivity index (χ2n) is 4.24. The lowest BCUT2D eigenvalue weighted by Crippen LogP contribution is -2.27. The first-order valence-corrected chi connectivity index (χ1v) is 5.87. The van der Waals surface area contributed by atoms with Crippen LogP contribution in [0.2, 0.25) is 0 Å². The average Bonchev–Trinajstić information content (AvgIpc) is 2.14. The zero-order valence-corrected chi connectivity index (χ0v) is 9.71. The van der Waals surface area contributed by atoms with Crippen molar-refractivity contribution in [2.75, 3.05) is 0 Å². The molecule has 0 aliphatic carbocycles. The maximum absolute atomic E-state index is 11.5. The molecule has 2 atom stereocenters. The fourth-order valence-corrected chi connectivity index (χ4v) is 1.51. The van der Waals surface area contributed by atoms with Crippen LogP contribution in [0.4, 0.5) is 0 Å². The number of ether oxygens (including phenoxy) is 1. The van der Waals surface area contributed by atoms with Gasteiger partial charge in [-0.05, 0) is 39.7 Å². The summed E-state index contributed by atoms with van der Waals surface area (Å²) >= 11 is -1.17. The van der Waals surface area contributed by atoms with E-state index in [2.05, 4.69) is 4.40 Å². The molecule has 0 spiro atoms. The Bertz CT molecular complexity index is 233. The summed E-state index contributed by atoms with van der Waals surface area (Å²) in [6, 6.07) is 0. The van der Waals surface area contributed by atoms with Crippen LogP contribution in [-0.4, -0.2) is 21.6 Å². The van der Waals surface area contributed by atoms with Crippen molar-refractivity contribution in [2.45, 2.75) is 44.5 Å². The summed E-state index contributed by atoms with van der Waals surface area (Å²) in [5.41, 5.74) is 0. The van der Waals surface area contributed by atoms with Crippen LogP contribution < -0.4 is 0 Å². The molecule has 0 N–H and O–H groups in total. The quantitative estimate of drug-likeness (QED) is 0.523. The van der Waals surface area contributed by atoms with Crippen LogP contribution in [0.5, 0.6) is 0 Å². The van der Waals surface area contributed by atoms with Gasteiger partial charge in [0.05, 0.1) is 12.5 Å². The molecule has 0 fully saturated rings. The van der Waals surface area contributed by atoms with E-state index in [1.807, 2.05) is 26.8 Å². The van der Waals surface area contributed by atoms with Crippen LogP contribution >= 0.6 is 0 Å². The van der Waals surface area contributed by atoms with Gasteiger partial charge in [0.15, 0.2) is 0 Å². The molecular weight excluding hydrogens is 198 g/mol. The largest absolute Gasteiger partial charge is 0.591 e. The van der Waals surface area contributed by atoms with E-state index in [0.717, 1.165) is 12.8 Å². The highest BCUT2D eigenvalue weighted by molar-refractivity contribution is 7.91. The number of hydrogen-bond acceptors (Lipinski definition) is 3. The lowest BCUT2D eigenvalue weighted by molar-refractivity contribution is 0.185. The fraction of sp³-hybridized carbons (Fsp3) is 0.700. The van der Waals surface area contributed by atoms with Crippen LogP contribution in [0, 0.1) is 0 Å². The molecule has 0 amide bonds. The first kappa shape index (κ1) is 11.6. The van der Waals surface area contributed by atoms with E-state index in [1.54, 1.807) is 12.5 Å². The summed E-state index contributed by atoms with van der Waals surface area (Å²) in [7, 11) is 0. The monoisotopic (exact) mass is 215 g/mol. The molecule has 3 nitrogen and oxygen atoms in total. The highest BCUT2D eigenvalue weighted by Crippen LogP contribution is 2.17. The minimum Gasteiger partial charge on any atom is -0.591 e. The molecule has 0 radical (unpaired) electrons. The first-order chi connectivity index (χ1) is 6.50. The molecular formula is C10H17NO2S. The van der Waals surface area contributed by atoms with Gasteiger partial charge in [-0.15, -0.1) is 0 Å². The summed E-state index contributed by atoms with van der Waals surface area (Å²) in [5.74, 6) is 0. The summed E-state index contributed by atoms with van der Waals surface area (Å²) in [5, 5.41) is 0. The van der Waals surface area contributed by atoms with Crippen molar-refractivity contribution in [3.63, 3.8) is 0 Å². The van der Waals surface area contributed by atoms with Gasteiger partial charge in [0.1, 0.15) is 22.2 Å². The van der Waals surface area contributed by atoms with Gasteiger partial charge in [0, 0.05) is 0 Å². The minimum atomic E-state index is -1.17. The molecule has 14 heavy (non-hydrogen) atoms. The molecule has 1 aliphatic heterocycles. The summed E-state index contributed by atoms with van der Waals surface area (Å²) in [6.07, 6.45) is 7.22. The number of nitrogens with zero attached hydrogens (tertiary/aromatic N) is 1. The van der Waals surface area contributed by atoms with E-state index in [0.29, 0.717) is 0 Å². The lowest BCUT2D eigenvalue weighted by Gasteiger charge is -2.19. The van der Waals surface area contributed by atoms with Gasteiger partial charge >= 0.3 is 0 Å². The van der Waals surface area contributed by atoms with Gasteiger partial charge < -0.3 is 9.29 Å². The second-order valence-corrected chi connectivity index (χ2v) is 6.17. The van der Waals surface area contributed by atoms with Crippen molar-refractivity contribution in [2.24, 2.45) is 4.40 Å². The summed E-state index contributed by atoms with van der Waals surface area (Å²) in [6.45, 7) is 5.71. The maximum Gasteiger partial charge on any atom is 0.144 e. The maximum atomic E-state index is 11.5. The Kier molecular flexibility index (Phi) is 4.01. The van der Waals surface area contributed by atoms with E-state index >= 15 is 0 Å². The normalized spacial score (nSPS) is 25.0. The Hall–Kier alpha value is -0.480. The zero-order chi connectivity index (χ0) is 10.6. The minimum absolute atomic E-state index is 0.00806. The lowest BCUT2D eigenvalue weighted by atomic mass is 10.2. The highest BCUT2D eigenvalue weighted by Gasteiger charge is 2.26. The smallest absolute Gasteiger partial charge is 0.144 e. The zero-order valence-electron chi connectivity index (χ0n) is 8.90. The Balaban J connectivity index is 2.42. The van der Waals surface area contributed by atoms with Gasteiger partial charge in [-0.25, -0.2) is 0 Å². The van der Waals surface area contributed by atoms with Gasteiger partial charge in [0.25, 0.3) is 0 Å². The molecule has 1 aliphatic rings. The fourth-order valence-electron chi connectivity index (χ4n) is 0.944. The number of rotatable bonds is 2. The molecule has 1 rings (SSSR count). The molecule has 80 valence electrons. The van der Waals surface area contributed by atoms with Crippen molar-refractivity contribution < 1.29 is 9.29 Å². The molecule has 0 saturated carbocycles. The topological polar surface area (TPSA) is 44.7 Å². The van der Waals surface area contributed by atoms with Crippen molar-refractivity contribution >= 4 is 17.6 Å². The average molecular weight is 215 g/mol. The van der Waals surface area contributed by atoms with Gasteiger partial charge in [0.2, 0.25) is 0 Å². The Morgan fingerprint density at radius 1 is 1.57 bits per heavy atom. The molecule has 1 heterocycles. The third-order valence-electron chi connectivity index (χ3n) is 1.81. The summed E-state index contributed by atoms with van der Waals surface area (Å²) < 4.78 is 20.5. The molecule has 4 heteroatoms. The van der Waals surface area contributed by atoms with Crippen molar-refractivity contribution in [1.82, 2.24) is 0 Å². The Labute approximate surface area is 88.6 Å². The molecule has 0 aromatic heterocycles. The molecule has 1 unspecified atom stereocenters. The molecule has 0 bridgehead atoms. The van der Waals surface area contributed by atoms with E-state index in [9.17, 15) is 4.55 Å². The van der Waals surface area contributed by atoms with E-state index in [4.69, 9.17) is 4.74 Å². The standard InChI is InChI=1S/C10H17NO2S/c1-10(2,3)14(12)11-8-9-6-4-5-7-13-9/h5,7-9H,4,6H2,1-3H3/t9?,14-/m0/s1. The SMILES string of the molecule is CC(C)(C)[S@+]([O-])N=CC1CCC=CO1. The van der Waals surface area contributed by atoms with E-state index in [1.165, 1.54) is 0 Å². The number of hydrogen-bond donors (Lipinski definition) is 0. The Morgan fingerprint density at radius 3 is 2.79 bits per heavy atom. The van der Waals surface area contributed by atoms with Crippen LogP contribution in [0.3, 0.4) is 0 Å². The molecule has 0 aromatic rings. The van der Waals surface area contributed by atoms with Gasteiger partial charge in [-0.3, -0.25) is 0 Å². The Morgan fingerprint density at radius 2 is 2.29 bits per heavy atom. The van der Waals surface area contributed by atoms with E-state index < -0.39 is 11.4 Å². The molecule has 0 saturated heterocycles. The van der Waals surface area contributed by atoms with Crippen LogP contribution in [-0.2, 0) is 16.1 Å². The predicted molar refractivity (Wildman–Crippen MR) is 59.6 cm³/mol. The van der Waals surface area contributed by atoms with Crippen LogP contribution in [0.15, 0.2) is 16.7 Å². The van der Waals surface area contributed by atoms with Gasteiger partial charge in [-0.1, -0.05) is 4.40 Å². The third kappa shape index (κ3) is 3.72.